The van der Waals surface area contributed by atoms with Crippen molar-refractivity contribution in [2.45, 2.75) is 12.8 Å². The molecule has 0 atom stereocenters. The number of carbonyl (C=O) groups excluding carboxylic acids is 2. The number of nitrogens with one attached hydrogen (secondary N) is 3. The van der Waals surface area contributed by atoms with Crippen molar-refractivity contribution in [3.8, 4) is 11.5 Å². The minimum Gasteiger partial charge on any atom is -0.457 e. The van der Waals surface area contributed by atoms with Crippen LogP contribution in [0.1, 0.15) is 23.0 Å². The zero-order valence-electron chi connectivity index (χ0n) is 17.1. The summed E-state index contributed by atoms with van der Waals surface area (Å²) >= 11 is 0. The average Bonchev–Trinajstić information content (AvgIpc) is 2.75. The van der Waals surface area contributed by atoms with Gasteiger partial charge in [-0.3, -0.25) is 9.78 Å². The standard InChI is InChI=1S/C22H19F3N4O3/c1-22(24,25)13-3-8-17(23)18(11-13)29-21(31)28-14-4-6-15(7-5-14)32-16-9-10-27-19(12-16)20(30)26-2/h3-12H,1-2H3,(H,26,30)(H2,28,29,31). The lowest BCUT2D eigenvalue weighted by molar-refractivity contribution is 0.0174. The van der Waals surface area contributed by atoms with Crippen molar-refractivity contribution >= 4 is 23.3 Å². The molecule has 10 heteroatoms. The molecule has 166 valence electrons. The third-order valence-electron chi connectivity index (χ3n) is 4.26. The molecular formula is C22H19F3N4O3. The highest BCUT2D eigenvalue weighted by molar-refractivity contribution is 5.99. The third-order valence-corrected chi connectivity index (χ3v) is 4.26. The predicted molar refractivity (Wildman–Crippen MR) is 113 cm³/mol. The van der Waals surface area contributed by atoms with E-state index in [9.17, 15) is 22.8 Å². The first-order chi connectivity index (χ1) is 15.2. The van der Waals surface area contributed by atoms with Crippen LogP contribution in [0.2, 0.25) is 0 Å². The first-order valence-electron chi connectivity index (χ1n) is 9.37. The average molecular weight is 444 g/mol. The Hall–Kier alpha value is -4.08. The number of aromatic nitrogens is 1. The number of amides is 3. The number of pyridine rings is 1. The quantitative estimate of drug-likeness (QED) is 0.492. The molecule has 0 saturated heterocycles. The Balaban J connectivity index is 1.64. The van der Waals surface area contributed by atoms with E-state index in [2.05, 4.69) is 20.9 Å². The molecule has 0 fully saturated rings. The number of anilines is 2. The highest BCUT2D eigenvalue weighted by Gasteiger charge is 2.25. The second kappa shape index (κ2) is 9.38. The molecule has 1 heterocycles. The maximum Gasteiger partial charge on any atom is 0.323 e. The minimum atomic E-state index is -3.17. The maximum atomic E-state index is 13.9. The number of halogens is 3. The lowest BCUT2D eigenvalue weighted by Gasteiger charge is -2.14. The van der Waals surface area contributed by atoms with E-state index in [0.29, 0.717) is 24.1 Å². The SMILES string of the molecule is CNC(=O)c1cc(Oc2ccc(NC(=O)Nc3cc(C(C)(F)F)ccc3F)cc2)ccn1. The topological polar surface area (TPSA) is 92.4 Å². The Labute approximate surface area is 181 Å². The normalized spacial score (nSPS) is 10.9. The fraction of sp³-hybridized carbons (Fsp3) is 0.136. The van der Waals surface area contributed by atoms with Gasteiger partial charge in [-0.25, -0.2) is 18.0 Å². The monoisotopic (exact) mass is 444 g/mol. The highest BCUT2D eigenvalue weighted by atomic mass is 19.3. The Morgan fingerprint density at radius 2 is 1.69 bits per heavy atom. The van der Waals surface area contributed by atoms with E-state index in [1.165, 1.54) is 31.4 Å². The fourth-order valence-electron chi connectivity index (χ4n) is 2.65. The Morgan fingerprint density at radius 3 is 2.34 bits per heavy atom. The smallest absolute Gasteiger partial charge is 0.323 e. The van der Waals surface area contributed by atoms with Crippen molar-refractivity contribution in [1.29, 1.82) is 0 Å². The van der Waals surface area contributed by atoms with E-state index in [0.717, 1.165) is 18.2 Å². The zero-order chi connectivity index (χ0) is 23.3. The van der Waals surface area contributed by atoms with Gasteiger partial charge in [0.15, 0.2) is 0 Å². The molecule has 3 rings (SSSR count). The van der Waals surface area contributed by atoms with Gasteiger partial charge >= 0.3 is 6.03 Å². The Morgan fingerprint density at radius 1 is 0.969 bits per heavy atom. The van der Waals surface area contributed by atoms with E-state index >= 15 is 0 Å². The second-order valence-electron chi connectivity index (χ2n) is 6.74. The van der Waals surface area contributed by atoms with Crippen LogP contribution in [-0.2, 0) is 5.92 Å². The van der Waals surface area contributed by atoms with Crippen LogP contribution in [0.25, 0.3) is 0 Å². The third kappa shape index (κ3) is 5.75. The molecule has 0 aliphatic heterocycles. The van der Waals surface area contributed by atoms with Gasteiger partial charge < -0.3 is 20.7 Å². The van der Waals surface area contributed by atoms with Crippen molar-refractivity contribution in [2.75, 3.05) is 17.7 Å². The summed E-state index contributed by atoms with van der Waals surface area (Å²) in [7, 11) is 1.49. The van der Waals surface area contributed by atoms with Crippen LogP contribution >= 0.6 is 0 Å². The van der Waals surface area contributed by atoms with Gasteiger partial charge in [0.2, 0.25) is 0 Å². The number of benzene rings is 2. The molecule has 32 heavy (non-hydrogen) atoms. The van der Waals surface area contributed by atoms with Crippen LogP contribution in [-0.4, -0.2) is 24.0 Å². The summed E-state index contributed by atoms with van der Waals surface area (Å²) in [5.41, 5.74) is -0.248. The van der Waals surface area contributed by atoms with E-state index in [1.54, 1.807) is 18.2 Å². The summed E-state index contributed by atoms with van der Waals surface area (Å²) in [4.78, 5) is 27.7. The Kier molecular flexibility index (Phi) is 6.62. The van der Waals surface area contributed by atoms with Gasteiger partial charge in [0.05, 0.1) is 5.69 Å². The molecule has 0 unspecified atom stereocenters. The molecule has 0 aliphatic carbocycles. The number of ether oxygens (including phenoxy) is 1. The molecule has 0 radical (unpaired) electrons. The number of rotatable bonds is 6. The molecule has 0 aliphatic rings. The molecule has 0 spiro atoms. The van der Waals surface area contributed by atoms with Crippen molar-refractivity contribution in [1.82, 2.24) is 10.3 Å². The van der Waals surface area contributed by atoms with E-state index in [-0.39, 0.29) is 17.3 Å². The number of hydrogen-bond donors (Lipinski definition) is 3. The van der Waals surface area contributed by atoms with Gasteiger partial charge in [0.1, 0.15) is 23.0 Å². The van der Waals surface area contributed by atoms with Crippen molar-refractivity contribution in [2.24, 2.45) is 0 Å². The van der Waals surface area contributed by atoms with Crippen LogP contribution in [0.15, 0.2) is 60.8 Å². The van der Waals surface area contributed by atoms with Crippen LogP contribution in [0.3, 0.4) is 0 Å². The summed E-state index contributed by atoms with van der Waals surface area (Å²) < 4.78 is 46.4. The summed E-state index contributed by atoms with van der Waals surface area (Å²) in [6.07, 6.45) is 1.43. The maximum absolute atomic E-state index is 13.9. The number of nitrogens with zero attached hydrogens (tertiary/aromatic N) is 1. The van der Waals surface area contributed by atoms with Gasteiger partial charge in [0, 0.05) is 37.5 Å². The highest BCUT2D eigenvalue weighted by Crippen LogP contribution is 2.30. The molecule has 3 N–H and O–H groups in total. The number of alkyl halides is 2. The summed E-state index contributed by atoms with van der Waals surface area (Å²) in [6, 6.07) is 11.1. The molecule has 0 saturated carbocycles. The van der Waals surface area contributed by atoms with Gasteiger partial charge in [-0.05, 0) is 42.5 Å². The van der Waals surface area contributed by atoms with Gasteiger partial charge in [-0.2, -0.15) is 0 Å². The van der Waals surface area contributed by atoms with Crippen LogP contribution in [0, 0.1) is 5.82 Å². The van der Waals surface area contributed by atoms with Crippen LogP contribution in [0.5, 0.6) is 11.5 Å². The molecule has 7 nitrogen and oxygen atoms in total. The van der Waals surface area contributed by atoms with E-state index in [1.807, 2.05) is 0 Å². The van der Waals surface area contributed by atoms with Crippen LogP contribution in [0.4, 0.5) is 29.3 Å². The lowest BCUT2D eigenvalue weighted by atomic mass is 10.1. The lowest BCUT2D eigenvalue weighted by Crippen LogP contribution is -2.20. The molecule has 0 bridgehead atoms. The van der Waals surface area contributed by atoms with Gasteiger partial charge in [-0.15, -0.1) is 0 Å². The van der Waals surface area contributed by atoms with Crippen molar-refractivity contribution < 1.29 is 27.5 Å². The van der Waals surface area contributed by atoms with E-state index in [4.69, 9.17) is 4.74 Å². The zero-order valence-corrected chi connectivity index (χ0v) is 17.1. The molecular weight excluding hydrogens is 425 g/mol. The number of carbonyl (C=O) groups is 2. The number of hydrogen-bond acceptors (Lipinski definition) is 4. The summed E-state index contributed by atoms with van der Waals surface area (Å²) in [5.74, 6) is -3.56. The van der Waals surface area contributed by atoms with Gasteiger partial charge in [0.25, 0.3) is 11.8 Å². The minimum absolute atomic E-state index is 0.192. The molecule has 2 aromatic carbocycles. The largest absolute Gasteiger partial charge is 0.457 e. The molecule has 1 aromatic heterocycles. The van der Waals surface area contributed by atoms with Crippen molar-refractivity contribution in [3.63, 3.8) is 0 Å². The second-order valence-corrected chi connectivity index (χ2v) is 6.74. The predicted octanol–water partition coefficient (Wildman–Crippen LogP) is 5.13. The summed E-state index contributed by atoms with van der Waals surface area (Å²) in [6.45, 7) is 0.680. The first-order valence-corrected chi connectivity index (χ1v) is 9.37. The van der Waals surface area contributed by atoms with Gasteiger partial charge in [-0.1, -0.05) is 6.07 Å². The fourth-order valence-corrected chi connectivity index (χ4v) is 2.65. The number of urea groups is 1. The van der Waals surface area contributed by atoms with Crippen LogP contribution < -0.4 is 20.7 Å². The van der Waals surface area contributed by atoms with Crippen molar-refractivity contribution in [3.05, 3.63) is 77.9 Å². The summed E-state index contributed by atoms with van der Waals surface area (Å²) in [5, 5.41) is 7.15. The molecule has 3 aromatic rings. The van der Waals surface area contributed by atoms with E-state index < -0.39 is 23.3 Å². The molecule has 3 amide bonds. The first kappa shape index (κ1) is 22.6. The Bertz CT molecular complexity index is 1130.